The van der Waals surface area contributed by atoms with E-state index in [4.69, 9.17) is 35.4 Å². The van der Waals surface area contributed by atoms with E-state index >= 15 is 0 Å². The lowest BCUT2D eigenvalue weighted by atomic mass is 10.2. The Kier molecular flexibility index (Phi) is 33.8. The van der Waals surface area contributed by atoms with Crippen molar-refractivity contribution in [2.75, 3.05) is 56.9 Å². The fourth-order valence-electron chi connectivity index (χ4n) is 6.74. The monoisotopic (exact) mass is 728 g/mol. The topological polar surface area (TPSA) is 73.8 Å². The van der Waals surface area contributed by atoms with Gasteiger partial charge in [0.1, 0.15) is 0 Å². The van der Waals surface area contributed by atoms with Gasteiger partial charge in [0.2, 0.25) is 0 Å². The molecule has 0 unspecified atom stereocenters. The summed E-state index contributed by atoms with van der Waals surface area (Å²) in [6.45, 7) is 0. The van der Waals surface area contributed by atoms with Crippen LogP contribution < -0.4 is 0 Å². The zero-order chi connectivity index (χ0) is 33.4. The van der Waals surface area contributed by atoms with Gasteiger partial charge >= 0.3 is 37.1 Å². The molecule has 0 saturated heterocycles. The second-order valence-electron chi connectivity index (χ2n) is 12.9. The summed E-state index contributed by atoms with van der Waals surface area (Å²) in [5, 5.41) is 0. The van der Waals surface area contributed by atoms with Crippen molar-refractivity contribution in [1.29, 1.82) is 0 Å². The van der Waals surface area contributed by atoms with E-state index in [2.05, 4.69) is 0 Å². The minimum absolute atomic E-state index is 1.14. The molecule has 0 aromatic rings. The van der Waals surface area contributed by atoms with E-state index in [-0.39, 0.29) is 0 Å². The quantitative estimate of drug-likeness (QED) is 0.0480. The summed E-state index contributed by atoms with van der Waals surface area (Å²) in [6.07, 6.45) is 21.4. The Hall–Kier alpha value is 0.764. The molecule has 0 N–H and O–H groups in total. The van der Waals surface area contributed by atoms with Crippen molar-refractivity contribution in [1.82, 2.24) is 0 Å². The zero-order valence-corrected chi connectivity index (χ0v) is 36.7. The van der Waals surface area contributed by atoms with E-state index in [1.54, 1.807) is 56.9 Å². The Morgan fingerprint density at radius 2 is 0.444 bits per heavy atom. The minimum Gasteiger partial charge on any atom is -0.400 e. The van der Waals surface area contributed by atoms with Gasteiger partial charge in [0.05, 0.1) is 8.07 Å². The van der Waals surface area contributed by atoms with Crippen molar-refractivity contribution in [3.63, 3.8) is 0 Å². The van der Waals surface area contributed by atoms with Crippen LogP contribution >= 0.6 is 0 Å². The summed E-state index contributed by atoms with van der Waals surface area (Å²) in [6, 6.07) is 10.6. The van der Waals surface area contributed by atoms with E-state index in [1.807, 2.05) is 0 Å². The Labute approximate surface area is 287 Å². The molecule has 0 aliphatic rings. The third kappa shape index (κ3) is 25.4. The van der Waals surface area contributed by atoms with Crippen molar-refractivity contribution in [3.8, 4) is 0 Å². The summed E-state index contributed by atoms with van der Waals surface area (Å²) < 4.78 is 44.3. The lowest BCUT2D eigenvalue weighted by Gasteiger charge is -2.33. The highest BCUT2D eigenvalue weighted by molar-refractivity contribution is 6.79. The molecular formula is C32H76O8Si5. The molecule has 0 aliphatic heterocycles. The average molecular weight is 729 g/mol. The third-order valence-corrected chi connectivity index (χ3v) is 23.1. The van der Waals surface area contributed by atoms with Crippen LogP contribution in [0.15, 0.2) is 0 Å². The summed E-state index contributed by atoms with van der Waals surface area (Å²) >= 11 is 0. The molecule has 0 aromatic heterocycles. The lowest BCUT2D eigenvalue weighted by Crippen LogP contribution is -2.34. The van der Waals surface area contributed by atoms with Gasteiger partial charge in [0.25, 0.3) is 0 Å². The van der Waals surface area contributed by atoms with Crippen molar-refractivity contribution < 1.29 is 35.4 Å². The maximum Gasteiger partial charge on any atom is 0.320 e. The first kappa shape index (κ1) is 45.8. The van der Waals surface area contributed by atoms with Gasteiger partial charge in [-0.3, -0.25) is 0 Å². The van der Waals surface area contributed by atoms with Crippen molar-refractivity contribution in [3.05, 3.63) is 0 Å². The second kappa shape index (κ2) is 33.3. The predicted octanol–water partition coefficient (Wildman–Crippen LogP) is 7.73. The third-order valence-electron chi connectivity index (χ3n) is 9.69. The molecular weight excluding hydrogens is 653 g/mol. The zero-order valence-electron chi connectivity index (χ0n) is 31.0. The van der Waals surface area contributed by atoms with Crippen LogP contribution in [0, 0.1) is 0 Å². The second-order valence-corrected chi connectivity index (χ2v) is 27.4. The van der Waals surface area contributed by atoms with Gasteiger partial charge in [-0.25, -0.2) is 0 Å². The van der Waals surface area contributed by atoms with Gasteiger partial charge < -0.3 is 35.4 Å². The van der Waals surface area contributed by atoms with E-state index < -0.39 is 45.2 Å². The molecule has 0 amide bonds. The van der Waals surface area contributed by atoms with Crippen molar-refractivity contribution in [2.45, 2.75) is 151 Å². The van der Waals surface area contributed by atoms with Crippen LogP contribution in [0.4, 0.5) is 0 Å². The standard InChI is InChI=1S/C32H76O8Si5/c1-33-41(34-2)25-17-9-13-21-29-45(30-22-14-10-18-26-42(35-3)36-4,31-23-15-11-19-27-43(37-5)38-6)32-24-16-12-20-28-44(39-7)40-8/h41-44H,9-32H2,1-8H3. The maximum absolute atomic E-state index is 5.54. The molecule has 0 rings (SSSR count). The van der Waals surface area contributed by atoms with Crippen LogP contribution in [-0.2, 0) is 35.4 Å². The highest BCUT2D eigenvalue weighted by Crippen LogP contribution is 2.35. The maximum atomic E-state index is 5.54. The lowest BCUT2D eigenvalue weighted by molar-refractivity contribution is 0.276. The Morgan fingerprint density at radius 3 is 0.622 bits per heavy atom. The van der Waals surface area contributed by atoms with Crippen LogP contribution in [0.3, 0.4) is 0 Å². The highest BCUT2D eigenvalue weighted by Gasteiger charge is 2.30. The van der Waals surface area contributed by atoms with Gasteiger partial charge in [-0.05, 0) is 24.2 Å². The van der Waals surface area contributed by atoms with Crippen LogP contribution in [0.25, 0.3) is 0 Å². The van der Waals surface area contributed by atoms with Gasteiger partial charge in [-0.15, -0.1) is 0 Å². The minimum atomic E-state index is -1.42. The number of unbranched alkanes of at least 4 members (excludes halogenated alkanes) is 12. The average Bonchev–Trinajstić information content (AvgIpc) is 3.07. The van der Waals surface area contributed by atoms with Crippen LogP contribution in [0.2, 0.25) is 48.4 Å². The van der Waals surface area contributed by atoms with Gasteiger partial charge in [-0.1, -0.05) is 127 Å². The first-order valence-corrected chi connectivity index (χ1v) is 28.1. The molecule has 0 saturated carbocycles. The van der Waals surface area contributed by atoms with Gasteiger partial charge in [0, 0.05) is 56.9 Å². The molecule has 0 heterocycles. The predicted molar refractivity (Wildman–Crippen MR) is 203 cm³/mol. The number of hydrogen-bond acceptors (Lipinski definition) is 8. The Balaban J connectivity index is 5.15. The fourth-order valence-corrected chi connectivity index (χ4v) is 17.4. The molecule has 0 radical (unpaired) electrons. The van der Waals surface area contributed by atoms with E-state index in [9.17, 15) is 0 Å². The summed E-state index contributed by atoms with van der Waals surface area (Å²) in [5.74, 6) is 0. The first-order chi connectivity index (χ1) is 22.0. The normalized spacial score (nSPS) is 12.5. The van der Waals surface area contributed by atoms with Gasteiger partial charge in [-0.2, -0.15) is 0 Å². The fraction of sp³-hybridized carbons (Fsp3) is 1.00. The van der Waals surface area contributed by atoms with E-state index in [0.29, 0.717) is 0 Å². The van der Waals surface area contributed by atoms with Crippen molar-refractivity contribution in [2.24, 2.45) is 0 Å². The molecule has 0 atom stereocenters. The molecule has 45 heavy (non-hydrogen) atoms. The molecule has 8 nitrogen and oxygen atoms in total. The molecule has 0 spiro atoms. The molecule has 0 fully saturated rings. The number of hydrogen-bond donors (Lipinski definition) is 0. The van der Waals surface area contributed by atoms with Crippen LogP contribution in [-0.4, -0.2) is 102 Å². The SMILES string of the molecule is CO[SiH](CCCCCC[Si](CCCCCC[SiH](OC)OC)(CCCCCC[SiH](OC)OC)CCCCCC[SiH](OC)OC)OC. The van der Waals surface area contributed by atoms with E-state index in [0.717, 1.165) is 24.2 Å². The van der Waals surface area contributed by atoms with E-state index in [1.165, 1.54) is 127 Å². The highest BCUT2D eigenvalue weighted by atomic mass is 28.3. The Morgan fingerprint density at radius 1 is 0.267 bits per heavy atom. The summed E-state index contributed by atoms with van der Waals surface area (Å²) in [7, 11) is 7.44. The van der Waals surface area contributed by atoms with Crippen LogP contribution in [0.1, 0.15) is 103 Å². The molecule has 0 aliphatic carbocycles. The van der Waals surface area contributed by atoms with Gasteiger partial charge in [0.15, 0.2) is 0 Å². The summed E-state index contributed by atoms with van der Waals surface area (Å²) in [5.41, 5.74) is 0. The smallest absolute Gasteiger partial charge is 0.320 e. The molecule has 0 aromatic carbocycles. The van der Waals surface area contributed by atoms with Crippen molar-refractivity contribution >= 4 is 45.2 Å². The summed E-state index contributed by atoms with van der Waals surface area (Å²) in [4.78, 5) is 0. The Bertz CT molecular complexity index is 496. The largest absolute Gasteiger partial charge is 0.400 e. The molecule has 0 bridgehead atoms. The molecule has 13 heteroatoms. The first-order valence-electron chi connectivity index (χ1n) is 18.2. The number of rotatable bonds is 36. The molecule has 272 valence electrons. The van der Waals surface area contributed by atoms with Crippen LogP contribution in [0.5, 0.6) is 0 Å².